The number of amides is 1. The Balaban J connectivity index is 1.39. The standard InChI is InChI=1S/C29H21N3OS2/c1-31-24-14-8-9-15-25(24)34-28(31)26-27(33)32(23-12-6-3-7-13-23)29(35-26)30-22-18-16-21(17-19-22)20-10-4-2-5-11-20/h2-19H,1H3. The van der Waals surface area contributed by atoms with Gasteiger partial charge in [0.05, 0.1) is 22.1 Å². The first kappa shape index (κ1) is 21.8. The zero-order valence-corrected chi connectivity index (χ0v) is 20.6. The van der Waals surface area contributed by atoms with E-state index in [4.69, 9.17) is 4.99 Å². The number of carbonyl (C=O) groups excluding carboxylic acids is 1. The fourth-order valence-electron chi connectivity index (χ4n) is 4.15. The van der Waals surface area contributed by atoms with Gasteiger partial charge >= 0.3 is 0 Å². The molecule has 1 saturated heterocycles. The maximum absolute atomic E-state index is 13.8. The molecule has 0 saturated carbocycles. The van der Waals surface area contributed by atoms with E-state index in [0.29, 0.717) is 10.1 Å². The largest absolute Gasteiger partial charge is 0.337 e. The molecule has 0 bridgehead atoms. The zero-order valence-electron chi connectivity index (χ0n) is 19.0. The number of benzene rings is 4. The summed E-state index contributed by atoms with van der Waals surface area (Å²) in [6, 6.07) is 36.4. The average Bonchev–Trinajstić information content (AvgIpc) is 3.41. The topological polar surface area (TPSA) is 35.9 Å². The molecule has 0 atom stereocenters. The van der Waals surface area contributed by atoms with E-state index in [9.17, 15) is 4.79 Å². The molecule has 35 heavy (non-hydrogen) atoms. The van der Waals surface area contributed by atoms with Crippen LogP contribution in [0.2, 0.25) is 0 Å². The van der Waals surface area contributed by atoms with Gasteiger partial charge in [-0.15, -0.1) is 0 Å². The van der Waals surface area contributed by atoms with Gasteiger partial charge < -0.3 is 4.90 Å². The molecule has 4 aromatic carbocycles. The fourth-order valence-corrected chi connectivity index (χ4v) is 6.50. The van der Waals surface area contributed by atoms with E-state index < -0.39 is 0 Å². The number of anilines is 2. The Morgan fingerprint density at radius 3 is 2.03 bits per heavy atom. The SMILES string of the molecule is CN1C(=C2SC(=Nc3ccc(-c4ccccc4)cc3)N(c3ccccc3)C2=O)Sc2ccccc21. The van der Waals surface area contributed by atoms with Gasteiger partial charge in [-0.1, -0.05) is 84.6 Å². The van der Waals surface area contributed by atoms with Crippen LogP contribution in [0.3, 0.4) is 0 Å². The first-order valence-corrected chi connectivity index (χ1v) is 12.9. The predicted octanol–water partition coefficient (Wildman–Crippen LogP) is 7.53. The third-order valence-corrected chi connectivity index (χ3v) is 8.32. The van der Waals surface area contributed by atoms with E-state index >= 15 is 0 Å². The summed E-state index contributed by atoms with van der Waals surface area (Å²) < 4.78 is 0. The molecule has 2 heterocycles. The highest BCUT2D eigenvalue weighted by Crippen LogP contribution is 2.50. The number of fused-ring (bicyclic) bond motifs is 1. The van der Waals surface area contributed by atoms with Crippen molar-refractivity contribution in [2.45, 2.75) is 4.90 Å². The lowest BCUT2D eigenvalue weighted by molar-refractivity contribution is -0.113. The van der Waals surface area contributed by atoms with Crippen molar-refractivity contribution in [1.29, 1.82) is 0 Å². The second kappa shape index (κ2) is 9.13. The van der Waals surface area contributed by atoms with Gasteiger partial charge in [0.15, 0.2) is 5.17 Å². The summed E-state index contributed by atoms with van der Waals surface area (Å²) in [5.41, 5.74) is 5.03. The van der Waals surface area contributed by atoms with Crippen molar-refractivity contribution < 1.29 is 4.79 Å². The summed E-state index contributed by atoms with van der Waals surface area (Å²) in [4.78, 5) is 24.3. The van der Waals surface area contributed by atoms with Crippen LogP contribution in [0.15, 0.2) is 129 Å². The van der Waals surface area contributed by atoms with Crippen molar-refractivity contribution in [1.82, 2.24) is 0 Å². The summed E-state index contributed by atoms with van der Waals surface area (Å²) in [5, 5.41) is 1.59. The highest BCUT2D eigenvalue weighted by atomic mass is 32.2. The number of thioether (sulfide) groups is 2. The van der Waals surface area contributed by atoms with Crippen LogP contribution in [0, 0.1) is 0 Å². The van der Waals surface area contributed by atoms with Gasteiger partial charge in [0.1, 0.15) is 4.91 Å². The summed E-state index contributed by atoms with van der Waals surface area (Å²) >= 11 is 3.06. The van der Waals surface area contributed by atoms with Crippen molar-refractivity contribution in [3.63, 3.8) is 0 Å². The van der Waals surface area contributed by atoms with Crippen molar-refractivity contribution in [2.75, 3.05) is 16.8 Å². The van der Waals surface area contributed by atoms with Crippen molar-refractivity contribution in [3.05, 3.63) is 119 Å². The number of rotatable bonds is 3. The minimum Gasteiger partial charge on any atom is -0.337 e. The number of hydrogen-bond donors (Lipinski definition) is 0. The summed E-state index contributed by atoms with van der Waals surface area (Å²) in [5.74, 6) is -0.0528. The van der Waals surface area contributed by atoms with Crippen LogP contribution in [-0.2, 0) is 4.79 Å². The van der Waals surface area contributed by atoms with E-state index in [2.05, 4.69) is 41.3 Å². The van der Waals surface area contributed by atoms with E-state index in [-0.39, 0.29) is 5.91 Å². The Kier molecular flexibility index (Phi) is 5.68. The molecule has 2 aliphatic heterocycles. The van der Waals surface area contributed by atoms with Crippen LogP contribution in [0.4, 0.5) is 17.1 Å². The Morgan fingerprint density at radius 2 is 1.31 bits per heavy atom. The molecule has 6 heteroatoms. The molecule has 0 spiro atoms. The maximum Gasteiger partial charge on any atom is 0.274 e. The number of para-hydroxylation sites is 2. The van der Waals surface area contributed by atoms with Crippen LogP contribution in [0.5, 0.6) is 0 Å². The minimum absolute atomic E-state index is 0.0528. The molecule has 0 unspecified atom stereocenters. The van der Waals surface area contributed by atoms with E-state index in [0.717, 1.165) is 38.1 Å². The highest BCUT2D eigenvalue weighted by Gasteiger charge is 2.40. The van der Waals surface area contributed by atoms with Crippen LogP contribution in [-0.4, -0.2) is 18.1 Å². The zero-order chi connectivity index (χ0) is 23.8. The summed E-state index contributed by atoms with van der Waals surface area (Å²) in [7, 11) is 2.01. The van der Waals surface area contributed by atoms with Gasteiger partial charge in [0.25, 0.3) is 5.91 Å². The second-order valence-electron chi connectivity index (χ2n) is 8.15. The molecule has 4 nitrogen and oxygen atoms in total. The van der Waals surface area contributed by atoms with Gasteiger partial charge in [-0.2, -0.15) is 0 Å². The second-order valence-corrected chi connectivity index (χ2v) is 10.2. The molecule has 0 N–H and O–H groups in total. The number of hydrogen-bond acceptors (Lipinski definition) is 5. The molecule has 0 radical (unpaired) electrons. The summed E-state index contributed by atoms with van der Waals surface area (Å²) in [6.07, 6.45) is 0. The van der Waals surface area contributed by atoms with Crippen LogP contribution in [0.25, 0.3) is 11.1 Å². The van der Waals surface area contributed by atoms with E-state index in [1.54, 1.807) is 16.7 Å². The lowest BCUT2D eigenvalue weighted by Gasteiger charge is -2.16. The third kappa shape index (κ3) is 4.05. The smallest absolute Gasteiger partial charge is 0.274 e. The Labute approximate surface area is 213 Å². The molecule has 0 aromatic heterocycles. The molecule has 4 aromatic rings. The van der Waals surface area contributed by atoms with Gasteiger partial charge in [0.2, 0.25) is 0 Å². The lowest BCUT2D eigenvalue weighted by Crippen LogP contribution is -2.29. The molecule has 1 amide bonds. The van der Waals surface area contributed by atoms with E-state index in [1.165, 1.54) is 11.8 Å². The van der Waals surface area contributed by atoms with E-state index in [1.807, 2.05) is 79.8 Å². The van der Waals surface area contributed by atoms with Gasteiger partial charge in [-0.25, -0.2) is 4.99 Å². The lowest BCUT2D eigenvalue weighted by atomic mass is 10.1. The minimum atomic E-state index is -0.0528. The molecule has 2 aliphatic rings. The van der Waals surface area contributed by atoms with Crippen molar-refractivity contribution in [2.24, 2.45) is 4.99 Å². The summed E-state index contributed by atoms with van der Waals surface area (Å²) in [6.45, 7) is 0. The van der Waals surface area contributed by atoms with Crippen molar-refractivity contribution >= 4 is 51.7 Å². The Morgan fingerprint density at radius 1 is 0.686 bits per heavy atom. The highest BCUT2D eigenvalue weighted by molar-refractivity contribution is 8.20. The molecule has 1 fully saturated rings. The molecule has 0 aliphatic carbocycles. The molecular weight excluding hydrogens is 470 g/mol. The number of amidine groups is 1. The average molecular weight is 492 g/mol. The van der Waals surface area contributed by atoms with Gasteiger partial charge in [-0.05, 0) is 59.3 Å². The third-order valence-electron chi connectivity index (χ3n) is 5.93. The number of aliphatic imine (C=N–C) groups is 1. The van der Waals surface area contributed by atoms with Crippen LogP contribution in [0.1, 0.15) is 0 Å². The quantitative estimate of drug-likeness (QED) is 0.278. The first-order chi connectivity index (χ1) is 17.2. The van der Waals surface area contributed by atoms with Crippen LogP contribution < -0.4 is 9.80 Å². The Hall–Kier alpha value is -3.74. The van der Waals surface area contributed by atoms with Gasteiger partial charge in [0, 0.05) is 11.9 Å². The monoisotopic (exact) mass is 491 g/mol. The van der Waals surface area contributed by atoms with Crippen LogP contribution >= 0.6 is 23.5 Å². The Bertz CT molecular complexity index is 1470. The fraction of sp³-hybridized carbons (Fsp3) is 0.0345. The predicted molar refractivity (Wildman–Crippen MR) is 148 cm³/mol. The maximum atomic E-state index is 13.8. The number of carbonyl (C=O) groups is 1. The molecule has 6 rings (SSSR count). The molecular formula is C29H21N3OS2. The van der Waals surface area contributed by atoms with Gasteiger partial charge in [-0.3, -0.25) is 9.69 Å². The van der Waals surface area contributed by atoms with Crippen molar-refractivity contribution in [3.8, 4) is 11.1 Å². The molecule has 170 valence electrons. The first-order valence-electron chi connectivity index (χ1n) is 11.3. The normalized spacial score (nSPS) is 18.4. The number of nitrogens with zero attached hydrogens (tertiary/aromatic N) is 3.